The average Bonchev–Trinajstić information content (AvgIpc) is 4.01. The third-order valence-electron chi connectivity index (χ3n) is 8.29. The van der Waals surface area contributed by atoms with Crippen molar-refractivity contribution < 1.29 is 27.0 Å². The van der Waals surface area contributed by atoms with Gasteiger partial charge in [-0.15, -0.1) is 22.1 Å². The minimum atomic E-state index is -1.08. The zero-order valence-electron chi connectivity index (χ0n) is 28.1. The minimum absolute atomic E-state index is 0. The largest absolute Gasteiger partial charge is 3.00 e. The predicted octanol–water partition coefficient (Wildman–Crippen LogP) is 6.92. The molecule has 0 unspecified atom stereocenters. The number of carbonyl (C=O) groups excluding carboxylic acids is 1. The third kappa shape index (κ3) is 7.07. The number of nitrogens with zero attached hydrogens (tertiary/aromatic N) is 8. The summed E-state index contributed by atoms with van der Waals surface area (Å²) in [5.41, 5.74) is 12.3. The number of rotatable bonds is 4. The summed E-state index contributed by atoms with van der Waals surface area (Å²) >= 11 is 0. The first-order valence-corrected chi connectivity index (χ1v) is 16.4. The fraction of sp³-hybridized carbons (Fsp3) is 0.0238. The van der Waals surface area contributed by atoms with Gasteiger partial charge in [-0.05, 0) is 79.8 Å². The maximum atomic E-state index is 8.89. The first kappa shape index (κ1) is 34.6. The van der Waals surface area contributed by atoms with E-state index in [1.54, 1.807) is 24.8 Å². The average molecular weight is 731 g/mol. The van der Waals surface area contributed by atoms with Crippen molar-refractivity contribution in [3.05, 3.63) is 145 Å². The van der Waals surface area contributed by atoms with Crippen LogP contribution in [-0.4, -0.2) is 35.9 Å². The van der Waals surface area contributed by atoms with E-state index >= 15 is 0 Å². The first-order valence-electron chi connectivity index (χ1n) is 16.4. The Morgan fingerprint density at radius 3 is 0.906 bits per heavy atom. The predicted molar refractivity (Wildman–Crippen MR) is 200 cm³/mol. The van der Waals surface area contributed by atoms with Gasteiger partial charge in [-0.3, -0.25) is 19.9 Å². The summed E-state index contributed by atoms with van der Waals surface area (Å²) < 4.78 is 0. The van der Waals surface area contributed by atoms with Gasteiger partial charge in [0.1, 0.15) is 0 Å². The van der Waals surface area contributed by atoms with Gasteiger partial charge < -0.3 is 19.9 Å². The standard InChI is InChI=1S/C40H24N8.C2H4O2.Mn/c1-5-21-41-25(9-1)37-29-13-15-31(45-29)38(26-10-2-6-22-42-26)33-17-19-35(47-33)40(28-12-4-8-24-44-28)36-20-18-34(48-36)39(27-11-3-7-23-43-27)32-16-14-30(37)46-32;1-2(3)4;/h1-24H;1H3,(H,3,4);/q-2;;+3/p-1. The van der Waals surface area contributed by atoms with Crippen molar-refractivity contribution >= 4 is 52.3 Å². The molecule has 9 rings (SSSR count). The molecule has 0 amide bonds. The van der Waals surface area contributed by atoms with Gasteiger partial charge in [-0.25, -0.2) is 9.97 Å². The topological polar surface area (TPSA) is 146 Å². The molecule has 7 aromatic rings. The zero-order chi connectivity index (χ0) is 35.4. The summed E-state index contributed by atoms with van der Waals surface area (Å²) in [7, 11) is 0. The third-order valence-corrected chi connectivity index (χ3v) is 8.29. The molecular weight excluding hydrogens is 703 g/mol. The number of pyridine rings is 4. The van der Waals surface area contributed by atoms with E-state index in [1.807, 2.05) is 121 Å². The van der Waals surface area contributed by atoms with Crippen LogP contribution in [0.3, 0.4) is 0 Å². The Hall–Kier alpha value is -6.81. The maximum Gasteiger partial charge on any atom is 3.00 e. The van der Waals surface area contributed by atoms with Crippen molar-refractivity contribution in [3.8, 4) is 45.0 Å². The van der Waals surface area contributed by atoms with E-state index in [2.05, 4.69) is 0 Å². The molecule has 2 aliphatic heterocycles. The molecule has 9 heterocycles. The molecule has 0 saturated carbocycles. The molecule has 8 bridgehead atoms. The molecule has 0 N–H and O–H groups in total. The molecule has 2 aliphatic rings. The van der Waals surface area contributed by atoms with Crippen LogP contribution in [0.1, 0.15) is 29.7 Å². The Bertz CT molecular complexity index is 2300. The molecular formula is C42H27MnN8O2. The summed E-state index contributed by atoms with van der Waals surface area (Å²) in [6.07, 6.45) is 15.2. The number of carboxylic acid groups (broad SMARTS) is 1. The number of aromatic nitrogens is 8. The van der Waals surface area contributed by atoms with E-state index in [0.29, 0.717) is 0 Å². The van der Waals surface area contributed by atoms with Crippen molar-refractivity contribution in [3.63, 3.8) is 0 Å². The summed E-state index contributed by atoms with van der Waals surface area (Å²) in [6, 6.07) is 31.5. The van der Waals surface area contributed by atoms with Crippen LogP contribution < -0.4 is 15.1 Å². The Labute approximate surface area is 314 Å². The molecule has 0 atom stereocenters. The summed E-state index contributed by atoms with van der Waals surface area (Å²) in [4.78, 5) is 48.6. The number of carbonyl (C=O) groups is 1. The Kier molecular flexibility index (Phi) is 9.93. The Morgan fingerprint density at radius 1 is 0.453 bits per heavy atom. The second kappa shape index (κ2) is 15.2. The second-order valence-corrected chi connectivity index (χ2v) is 11.7. The van der Waals surface area contributed by atoms with Crippen LogP contribution in [0.5, 0.6) is 0 Å². The number of carboxylic acids is 1. The van der Waals surface area contributed by atoms with Crippen LogP contribution >= 0.6 is 0 Å². The van der Waals surface area contributed by atoms with Crippen LogP contribution in [0, 0.1) is 0 Å². The number of hydrogen-bond donors (Lipinski definition) is 0. The molecule has 254 valence electrons. The van der Waals surface area contributed by atoms with Gasteiger partial charge in [0.25, 0.3) is 0 Å². The van der Waals surface area contributed by atoms with E-state index in [4.69, 9.17) is 49.8 Å². The Morgan fingerprint density at radius 2 is 0.698 bits per heavy atom. The normalized spacial score (nSPS) is 11.3. The summed E-state index contributed by atoms with van der Waals surface area (Å²) in [5, 5.41) is 8.89. The van der Waals surface area contributed by atoms with Crippen LogP contribution in [-0.2, 0) is 21.9 Å². The molecule has 0 aliphatic carbocycles. The molecule has 11 heteroatoms. The SMILES string of the molecule is C1=Cc2nc1c(-c1ccccn1)c1ccc([n-]1)c(-c1ccccn1)c1nc(c(-c3ccccn3)c3ccc([n-]3)c2-c2ccccn2)C=C1.CC(=O)[O-].[Mn+3]. The van der Waals surface area contributed by atoms with E-state index < -0.39 is 5.97 Å². The monoisotopic (exact) mass is 730 g/mol. The summed E-state index contributed by atoms with van der Waals surface area (Å²) in [6.45, 7) is 0.972. The first-order chi connectivity index (χ1) is 25.5. The van der Waals surface area contributed by atoms with Crippen LogP contribution in [0.15, 0.2) is 122 Å². The number of aliphatic carboxylic acids is 1. The fourth-order valence-corrected chi connectivity index (χ4v) is 6.18. The van der Waals surface area contributed by atoms with Gasteiger partial charge in [0.15, 0.2) is 0 Å². The van der Waals surface area contributed by atoms with Gasteiger partial charge in [0.05, 0.1) is 45.6 Å². The molecule has 7 aromatic heterocycles. The van der Waals surface area contributed by atoms with Crippen molar-refractivity contribution in [2.45, 2.75) is 6.92 Å². The smallest absolute Gasteiger partial charge is 0.657 e. The fourth-order valence-electron chi connectivity index (χ4n) is 6.18. The number of fused-ring (bicyclic) bond motifs is 8. The van der Waals surface area contributed by atoms with Crippen LogP contribution in [0.2, 0.25) is 0 Å². The van der Waals surface area contributed by atoms with Gasteiger partial charge in [-0.2, -0.15) is 0 Å². The van der Waals surface area contributed by atoms with Crippen molar-refractivity contribution in [2.24, 2.45) is 0 Å². The molecule has 10 nitrogen and oxygen atoms in total. The second-order valence-electron chi connectivity index (χ2n) is 11.7. The maximum absolute atomic E-state index is 8.89. The van der Waals surface area contributed by atoms with Gasteiger partial charge in [0, 0.05) is 53.0 Å². The van der Waals surface area contributed by atoms with E-state index in [0.717, 1.165) is 96.8 Å². The quantitative estimate of drug-likeness (QED) is 0.175. The molecule has 53 heavy (non-hydrogen) atoms. The van der Waals surface area contributed by atoms with E-state index in [9.17, 15) is 0 Å². The van der Waals surface area contributed by atoms with Gasteiger partial charge in [0.2, 0.25) is 0 Å². The van der Waals surface area contributed by atoms with Gasteiger partial charge in [-0.1, -0.05) is 48.5 Å². The zero-order valence-corrected chi connectivity index (χ0v) is 29.3. The molecule has 0 spiro atoms. The molecule has 0 fully saturated rings. The Balaban J connectivity index is 0.000000831. The van der Waals surface area contributed by atoms with E-state index in [-0.39, 0.29) is 17.1 Å². The molecule has 0 saturated heterocycles. The van der Waals surface area contributed by atoms with Crippen molar-refractivity contribution in [1.29, 1.82) is 0 Å². The number of hydrogen-bond acceptors (Lipinski definition) is 8. The van der Waals surface area contributed by atoms with Crippen molar-refractivity contribution in [2.75, 3.05) is 0 Å². The van der Waals surface area contributed by atoms with Crippen LogP contribution in [0.25, 0.3) is 91.4 Å². The summed E-state index contributed by atoms with van der Waals surface area (Å²) in [5.74, 6) is -1.08. The van der Waals surface area contributed by atoms with E-state index in [1.165, 1.54) is 0 Å². The molecule has 0 radical (unpaired) electrons. The van der Waals surface area contributed by atoms with Gasteiger partial charge >= 0.3 is 17.1 Å². The molecule has 0 aromatic carbocycles. The van der Waals surface area contributed by atoms with Crippen LogP contribution in [0.4, 0.5) is 0 Å². The minimum Gasteiger partial charge on any atom is -0.657 e. The van der Waals surface area contributed by atoms with Crippen molar-refractivity contribution in [1.82, 2.24) is 39.9 Å².